The van der Waals surface area contributed by atoms with Crippen LogP contribution in [-0.4, -0.2) is 50.9 Å². The van der Waals surface area contributed by atoms with E-state index >= 15 is 0 Å². The molecule has 0 bridgehead atoms. The summed E-state index contributed by atoms with van der Waals surface area (Å²) in [5.41, 5.74) is 1.72. The number of benzene rings is 2. The van der Waals surface area contributed by atoms with Gasteiger partial charge in [-0.25, -0.2) is 8.78 Å². The molecular weight excluding hydrogens is 480 g/mol. The molecule has 0 saturated heterocycles. The smallest absolute Gasteiger partial charge is 0.192 e. The Kier molecular flexibility index (Phi) is 8.09. The van der Waals surface area contributed by atoms with Gasteiger partial charge in [0, 0.05) is 13.1 Å². The van der Waals surface area contributed by atoms with Crippen LogP contribution in [0.4, 0.5) is 8.78 Å². The van der Waals surface area contributed by atoms with E-state index in [1.807, 2.05) is 0 Å². The second-order valence-electron chi connectivity index (χ2n) is 11.5. The Morgan fingerprint density at radius 3 is 2.03 bits per heavy atom. The Labute approximate surface area is 214 Å². The Morgan fingerprint density at radius 2 is 1.47 bits per heavy atom. The summed E-state index contributed by atoms with van der Waals surface area (Å²) in [6.07, 6.45) is 1.30. The first kappa shape index (κ1) is 27.0. The molecule has 8 heteroatoms. The van der Waals surface area contributed by atoms with Crippen molar-refractivity contribution in [2.24, 2.45) is 0 Å². The van der Waals surface area contributed by atoms with Gasteiger partial charge in [0.25, 0.3) is 0 Å². The zero-order valence-electron chi connectivity index (χ0n) is 21.9. The lowest BCUT2D eigenvalue weighted by Gasteiger charge is -2.42. The number of aliphatic hydroxyl groups excluding tert-OH is 1. The summed E-state index contributed by atoms with van der Waals surface area (Å²) in [4.78, 5) is 0. The number of halogens is 2. The Balaban J connectivity index is 1.39. The van der Waals surface area contributed by atoms with Gasteiger partial charge in [-0.3, -0.25) is 0 Å². The predicted octanol–water partition coefficient (Wildman–Crippen LogP) is 5.39. The van der Waals surface area contributed by atoms with E-state index in [-0.39, 0.29) is 35.0 Å². The Morgan fingerprint density at radius 1 is 0.944 bits per heavy atom. The van der Waals surface area contributed by atoms with Crippen LogP contribution in [0.15, 0.2) is 36.4 Å². The lowest BCUT2D eigenvalue weighted by molar-refractivity contribution is 0.0124. The molecule has 2 heterocycles. The highest BCUT2D eigenvalue weighted by atomic mass is 28.4. The van der Waals surface area contributed by atoms with Crippen molar-refractivity contribution in [2.45, 2.75) is 89.0 Å². The van der Waals surface area contributed by atoms with Crippen LogP contribution in [0.1, 0.15) is 44.7 Å². The molecule has 2 aliphatic heterocycles. The van der Waals surface area contributed by atoms with Gasteiger partial charge in [0.05, 0.1) is 6.10 Å². The van der Waals surface area contributed by atoms with Crippen molar-refractivity contribution in [1.82, 2.24) is 5.32 Å². The molecule has 5 nitrogen and oxygen atoms in total. The average Bonchev–Trinajstić information content (AvgIpc) is 2.81. The highest BCUT2D eigenvalue weighted by Gasteiger charge is 2.42. The molecule has 0 amide bonds. The fraction of sp³-hybridized carbons (Fsp3) is 0.571. The molecule has 4 rings (SSSR count). The summed E-state index contributed by atoms with van der Waals surface area (Å²) in [5, 5.41) is 14.3. The van der Waals surface area contributed by atoms with Crippen LogP contribution < -0.4 is 14.8 Å². The predicted molar refractivity (Wildman–Crippen MR) is 139 cm³/mol. The zero-order chi connectivity index (χ0) is 26.1. The van der Waals surface area contributed by atoms with Crippen molar-refractivity contribution >= 4 is 8.32 Å². The second-order valence-corrected chi connectivity index (χ2v) is 16.3. The highest BCUT2D eigenvalue weighted by Crippen LogP contribution is 2.39. The number of fused-ring (bicyclic) bond motifs is 2. The van der Waals surface area contributed by atoms with Gasteiger partial charge in [-0.1, -0.05) is 20.8 Å². The zero-order valence-corrected chi connectivity index (χ0v) is 22.9. The number of nitrogens with one attached hydrogen (secondary N) is 1. The normalized spacial score (nSPS) is 21.6. The van der Waals surface area contributed by atoms with Crippen LogP contribution in [0, 0.1) is 11.6 Å². The number of hydrogen-bond acceptors (Lipinski definition) is 5. The monoisotopic (exact) mass is 519 g/mol. The van der Waals surface area contributed by atoms with E-state index in [1.165, 1.54) is 18.2 Å². The van der Waals surface area contributed by atoms with Crippen molar-refractivity contribution in [2.75, 3.05) is 13.1 Å². The third-order valence-corrected chi connectivity index (χ3v) is 12.3. The minimum absolute atomic E-state index is 0.0310. The molecule has 36 heavy (non-hydrogen) atoms. The maximum atomic E-state index is 13.7. The minimum Gasteiger partial charge on any atom is -0.487 e. The molecular formula is C28H39F2NO4Si. The number of aliphatic hydroxyl groups is 1. The van der Waals surface area contributed by atoms with E-state index < -0.39 is 14.4 Å². The first-order valence-corrected chi connectivity index (χ1v) is 15.8. The van der Waals surface area contributed by atoms with Crippen LogP contribution >= 0.6 is 0 Å². The standard InChI is InChI=1S/C28H39F2NO4Si/c1-28(2,3)36(4,5)35-27(26-11-7-19-15-21(30)9-13-24(19)34-26)17-31-16-22(32)25-10-6-18-14-20(29)8-12-23(18)33-25/h8-9,12-15,22,25-27,31-32H,6-7,10-11,16-17H2,1-5H3. The third-order valence-electron chi connectivity index (χ3n) is 7.79. The van der Waals surface area contributed by atoms with Gasteiger partial charge in [-0.05, 0) is 91.3 Å². The van der Waals surface area contributed by atoms with Crippen LogP contribution in [0.2, 0.25) is 18.1 Å². The van der Waals surface area contributed by atoms with E-state index in [0.717, 1.165) is 24.0 Å². The SMILES string of the molecule is CC(C)(C)[Si](C)(C)OC(CNCC(O)C1CCc2cc(F)ccc2O1)C1CCc2cc(F)ccc2O1. The molecule has 4 atom stereocenters. The molecule has 2 aromatic rings. The quantitative estimate of drug-likeness (QED) is 0.458. The lowest BCUT2D eigenvalue weighted by Crippen LogP contribution is -2.53. The topological polar surface area (TPSA) is 60.0 Å². The van der Waals surface area contributed by atoms with Gasteiger partial charge in [0.1, 0.15) is 41.4 Å². The lowest BCUT2D eigenvalue weighted by atomic mass is 9.98. The molecule has 0 aromatic heterocycles. The molecule has 0 saturated carbocycles. The third kappa shape index (κ3) is 6.27. The maximum absolute atomic E-state index is 13.7. The molecule has 0 aliphatic carbocycles. The van der Waals surface area contributed by atoms with E-state index in [4.69, 9.17) is 13.9 Å². The molecule has 0 spiro atoms. The van der Waals surface area contributed by atoms with Crippen LogP contribution in [-0.2, 0) is 17.3 Å². The summed E-state index contributed by atoms with van der Waals surface area (Å²) in [5.74, 6) is 0.820. The number of aryl methyl sites for hydroxylation is 2. The van der Waals surface area contributed by atoms with Crippen LogP contribution in [0.3, 0.4) is 0 Å². The molecule has 0 fully saturated rings. The van der Waals surface area contributed by atoms with Gasteiger partial charge in [0.15, 0.2) is 8.32 Å². The Bertz CT molecular complexity index is 1060. The van der Waals surface area contributed by atoms with Gasteiger partial charge < -0.3 is 24.3 Å². The molecule has 2 N–H and O–H groups in total. The van der Waals surface area contributed by atoms with Gasteiger partial charge in [-0.15, -0.1) is 0 Å². The summed E-state index contributed by atoms with van der Waals surface area (Å²) >= 11 is 0. The number of hydrogen-bond donors (Lipinski definition) is 2. The van der Waals surface area contributed by atoms with Crippen molar-refractivity contribution in [3.05, 3.63) is 59.2 Å². The molecule has 4 unspecified atom stereocenters. The van der Waals surface area contributed by atoms with Crippen molar-refractivity contribution < 1.29 is 27.8 Å². The molecule has 198 valence electrons. The van der Waals surface area contributed by atoms with Gasteiger partial charge in [0.2, 0.25) is 0 Å². The fourth-order valence-electron chi connectivity index (χ4n) is 4.60. The average molecular weight is 520 g/mol. The van der Waals surface area contributed by atoms with Gasteiger partial charge >= 0.3 is 0 Å². The molecule has 2 aliphatic rings. The van der Waals surface area contributed by atoms with E-state index in [9.17, 15) is 13.9 Å². The fourth-order valence-corrected chi connectivity index (χ4v) is 5.94. The van der Waals surface area contributed by atoms with Crippen molar-refractivity contribution in [3.8, 4) is 11.5 Å². The number of rotatable bonds is 8. The first-order chi connectivity index (χ1) is 16.9. The number of ether oxygens (including phenoxy) is 2. The summed E-state index contributed by atoms with van der Waals surface area (Å²) in [6, 6.07) is 9.17. The molecule has 2 aromatic carbocycles. The summed E-state index contributed by atoms with van der Waals surface area (Å²) in [6.45, 7) is 11.9. The van der Waals surface area contributed by atoms with Crippen molar-refractivity contribution in [3.63, 3.8) is 0 Å². The first-order valence-electron chi connectivity index (χ1n) is 12.9. The van der Waals surface area contributed by atoms with E-state index in [1.54, 1.807) is 18.2 Å². The second kappa shape index (κ2) is 10.8. The summed E-state index contributed by atoms with van der Waals surface area (Å²) in [7, 11) is -2.10. The van der Waals surface area contributed by atoms with Crippen molar-refractivity contribution in [1.29, 1.82) is 0 Å². The van der Waals surface area contributed by atoms with E-state index in [0.29, 0.717) is 37.4 Å². The minimum atomic E-state index is -2.10. The van der Waals surface area contributed by atoms with Crippen LogP contribution in [0.25, 0.3) is 0 Å². The summed E-state index contributed by atoms with van der Waals surface area (Å²) < 4.78 is 46.2. The van der Waals surface area contributed by atoms with E-state index in [2.05, 4.69) is 39.2 Å². The highest BCUT2D eigenvalue weighted by molar-refractivity contribution is 6.74. The van der Waals surface area contributed by atoms with Crippen LogP contribution in [0.5, 0.6) is 11.5 Å². The maximum Gasteiger partial charge on any atom is 0.192 e. The largest absolute Gasteiger partial charge is 0.487 e. The molecule has 0 radical (unpaired) electrons. The Hall–Kier alpha value is -2.00. The van der Waals surface area contributed by atoms with Gasteiger partial charge in [-0.2, -0.15) is 0 Å².